The summed E-state index contributed by atoms with van der Waals surface area (Å²) in [5.41, 5.74) is 7.66. The molecule has 0 aliphatic carbocycles. The van der Waals surface area contributed by atoms with Gasteiger partial charge in [0.2, 0.25) is 0 Å². The third-order valence-electron chi connectivity index (χ3n) is 2.48. The summed E-state index contributed by atoms with van der Waals surface area (Å²) in [6.07, 6.45) is 0. The maximum Gasteiger partial charge on any atom is 0.356 e. The topological polar surface area (TPSA) is 68.1 Å². The average Bonchev–Trinajstić information content (AvgIpc) is 2.72. The van der Waals surface area contributed by atoms with Gasteiger partial charge in [-0.05, 0) is 42.8 Å². The minimum Gasteiger partial charge on any atom is -0.461 e. The molecular formula is C13H13FN2O2. The van der Waals surface area contributed by atoms with Crippen molar-refractivity contribution in [2.24, 2.45) is 0 Å². The minimum atomic E-state index is -0.497. The van der Waals surface area contributed by atoms with Crippen molar-refractivity contribution in [1.82, 2.24) is 4.98 Å². The first-order valence-electron chi connectivity index (χ1n) is 5.53. The van der Waals surface area contributed by atoms with Gasteiger partial charge < -0.3 is 15.5 Å². The van der Waals surface area contributed by atoms with E-state index >= 15 is 0 Å². The van der Waals surface area contributed by atoms with Crippen LogP contribution in [0.25, 0.3) is 11.3 Å². The van der Waals surface area contributed by atoms with Crippen LogP contribution in [0.3, 0.4) is 0 Å². The lowest BCUT2D eigenvalue weighted by Gasteiger charge is -2.00. The molecule has 2 aromatic rings. The Hall–Kier alpha value is -2.30. The van der Waals surface area contributed by atoms with Gasteiger partial charge in [0.15, 0.2) is 0 Å². The van der Waals surface area contributed by atoms with Gasteiger partial charge in [-0.15, -0.1) is 0 Å². The Morgan fingerprint density at radius 1 is 1.39 bits per heavy atom. The quantitative estimate of drug-likeness (QED) is 0.820. The number of halogens is 1. The maximum atomic E-state index is 12.8. The number of carbonyl (C=O) groups is 1. The average molecular weight is 248 g/mol. The second-order valence-corrected chi connectivity index (χ2v) is 3.74. The fraction of sp³-hybridized carbons (Fsp3) is 0.154. The van der Waals surface area contributed by atoms with Crippen LogP contribution < -0.4 is 5.73 Å². The van der Waals surface area contributed by atoms with Crippen molar-refractivity contribution in [1.29, 1.82) is 0 Å². The molecule has 4 nitrogen and oxygen atoms in total. The van der Waals surface area contributed by atoms with E-state index in [1.54, 1.807) is 25.1 Å². The van der Waals surface area contributed by atoms with Crippen LogP contribution in [0.4, 0.5) is 10.1 Å². The molecular weight excluding hydrogens is 235 g/mol. The third-order valence-corrected chi connectivity index (χ3v) is 2.48. The molecule has 94 valence electrons. The number of hydrogen-bond acceptors (Lipinski definition) is 3. The maximum absolute atomic E-state index is 12.8. The highest BCUT2D eigenvalue weighted by Crippen LogP contribution is 2.24. The number of nitrogen functional groups attached to an aromatic ring is 1. The number of nitrogens with two attached hydrogens (primary N) is 1. The molecule has 0 aliphatic heterocycles. The normalized spacial score (nSPS) is 10.3. The number of carbonyl (C=O) groups excluding carboxylic acids is 1. The summed E-state index contributed by atoms with van der Waals surface area (Å²) in [7, 11) is 0. The number of aromatic nitrogens is 1. The molecule has 0 atom stereocenters. The van der Waals surface area contributed by atoms with Crippen LogP contribution in [0.5, 0.6) is 0 Å². The number of anilines is 1. The number of benzene rings is 1. The first-order chi connectivity index (χ1) is 8.61. The molecule has 0 unspecified atom stereocenters. The van der Waals surface area contributed by atoms with E-state index in [0.29, 0.717) is 11.4 Å². The molecule has 5 heteroatoms. The summed E-state index contributed by atoms with van der Waals surface area (Å²) in [6.45, 7) is 2.00. The summed E-state index contributed by atoms with van der Waals surface area (Å²) in [5.74, 6) is -0.813. The lowest BCUT2D eigenvalue weighted by atomic mass is 10.1. The molecule has 0 amide bonds. The predicted octanol–water partition coefficient (Wildman–Crippen LogP) is 2.58. The van der Waals surface area contributed by atoms with Crippen molar-refractivity contribution in [2.45, 2.75) is 6.92 Å². The molecule has 0 spiro atoms. The van der Waals surface area contributed by atoms with Crippen LogP contribution in [0.2, 0.25) is 0 Å². The van der Waals surface area contributed by atoms with Gasteiger partial charge in [0.05, 0.1) is 12.3 Å². The van der Waals surface area contributed by atoms with E-state index < -0.39 is 5.97 Å². The van der Waals surface area contributed by atoms with Crippen LogP contribution in [0.15, 0.2) is 30.3 Å². The van der Waals surface area contributed by atoms with E-state index in [2.05, 4.69) is 4.98 Å². The second-order valence-electron chi connectivity index (χ2n) is 3.74. The van der Waals surface area contributed by atoms with Crippen molar-refractivity contribution in [3.05, 3.63) is 41.8 Å². The number of nitrogens with one attached hydrogen (secondary N) is 1. The highest BCUT2D eigenvalue weighted by Gasteiger charge is 2.15. The van der Waals surface area contributed by atoms with Crippen LogP contribution in [-0.4, -0.2) is 17.6 Å². The van der Waals surface area contributed by atoms with Crippen molar-refractivity contribution in [3.63, 3.8) is 0 Å². The number of H-pyrrole nitrogens is 1. The van der Waals surface area contributed by atoms with Gasteiger partial charge >= 0.3 is 5.97 Å². The first-order valence-corrected chi connectivity index (χ1v) is 5.53. The molecule has 1 heterocycles. The second kappa shape index (κ2) is 4.91. The molecule has 0 saturated carbocycles. The number of ether oxygens (including phenoxy) is 1. The van der Waals surface area contributed by atoms with E-state index in [9.17, 15) is 9.18 Å². The zero-order valence-corrected chi connectivity index (χ0v) is 9.87. The van der Waals surface area contributed by atoms with Gasteiger partial charge in [0.1, 0.15) is 11.5 Å². The van der Waals surface area contributed by atoms with Crippen LogP contribution in [0.1, 0.15) is 17.4 Å². The summed E-state index contributed by atoms with van der Waals surface area (Å²) in [5, 5.41) is 0. The zero-order valence-electron chi connectivity index (χ0n) is 9.87. The molecule has 1 aromatic heterocycles. The van der Waals surface area contributed by atoms with Gasteiger partial charge in [-0.2, -0.15) is 0 Å². The molecule has 3 N–H and O–H groups in total. The lowest BCUT2D eigenvalue weighted by molar-refractivity contribution is 0.0521. The SMILES string of the molecule is CCOC(=O)c1[nH]c(-c2ccc(F)cc2)cc1N. The molecule has 1 aromatic carbocycles. The van der Waals surface area contributed by atoms with E-state index in [0.717, 1.165) is 5.56 Å². The van der Waals surface area contributed by atoms with Crippen LogP contribution in [0, 0.1) is 5.82 Å². The summed E-state index contributed by atoms with van der Waals surface area (Å²) >= 11 is 0. The number of esters is 1. The van der Waals surface area contributed by atoms with E-state index in [-0.39, 0.29) is 18.1 Å². The molecule has 2 rings (SSSR count). The van der Waals surface area contributed by atoms with Gasteiger partial charge in [-0.1, -0.05) is 0 Å². The molecule has 0 bridgehead atoms. The largest absolute Gasteiger partial charge is 0.461 e. The number of aromatic amines is 1. The highest BCUT2D eigenvalue weighted by molar-refractivity contribution is 5.94. The van der Waals surface area contributed by atoms with Crippen molar-refractivity contribution in [3.8, 4) is 11.3 Å². The number of hydrogen-bond donors (Lipinski definition) is 2. The first kappa shape index (κ1) is 12.2. The van der Waals surface area contributed by atoms with E-state index in [1.165, 1.54) is 12.1 Å². The van der Waals surface area contributed by atoms with Gasteiger partial charge in [-0.3, -0.25) is 0 Å². The lowest BCUT2D eigenvalue weighted by Crippen LogP contribution is -2.07. The minimum absolute atomic E-state index is 0.219. The Kier molecular flexibility index (Phi) is 3.32. The van der Waals surface area contributed by atoms with Crippen molar-refractivity contribution in [2.75, 3.05) is 12.3 Å². The fourth-order valence-corrected chi connectivity index (χ4v) is 1.63. The Balaban J connectivity index is 2.34. The van der Waals surface area contributed by atoms with Crippen molar-refractivity contribution < 1.29 is 13.9 Å². The van der Waals surface area contributed by atoms with E-state index in [1.807, 2.05) is 0 Å². The van der Waals surface area contributed by atoms with Crippen LogP contribution >= 0.6 is 0 Å². The van der Waals surface area contributed by atoms with Gasteiger partial charge in [0.25, 0.3) is 0 Å². The highest BCUT2D eigenvalue weighted by atomic mass is 19.1. The summed E-state index contributed by atoms with van der Waals surface area (Å²) < 4.78 is 17.7. The number of rotatable bonds is 3. The van der Waals surface area contributed by atoms with E-state index in [4.69, 9.17) is 10.5 Å². The summed E-state index contributed by atoms with van der Waals surface area (Å²) in [4.78, 5) is 14.5. The molecule has 0 saturated heterocycles. The Morgan fingerprint density at radius 2 is 2.06 bits per heavy atom. The zero-order chi connectivity index (χ0) is 13.1. The molecule has 0 fully saturated rings. The smallest absolute Gasteiger partial charge is 0.356 e. The van der Waals surface area contributed by atoms with Crippen molar-refractivity contribution >= 4 is 11.7 Å². The van der Waals surface area contributed by atoms with Crippen LogP contribution in [-0.2, 0) is 4.74 Å². The van der Waals surface area contributed by atoms with Gasteiger partial charge in [0, 0.05) is 5.69 Å². The standard InChI is InChI=1S/C13H13FN2O2/c1-2-18-13(17)12-10(15)7-11(16-12)8-3-5-9(14)6-4-8/h3-7,16H,2,15H2,1H3. The molecule has 0 radical (unpaired) electrons. The fourth-order valence-electron chi connectivity index (χ4n) is 1.63. The third kappa shape index (κ3) is 2.34. The summed E-state index contributed by atoms with van der Waals surface area (Å²) in [6, 6.07) is 7.53. The Labute approximate surface area is 104 Å². The monoisotopic (exact) mass is 248 g/mol. The Morgan fingerprint density at radius 3 is 2.67 bits per heavy atom. The van der Waals surface area contributed by atoms with Gasteiger partial charge in [-0.25, -0.2) is 9.18 Å². The molecule has 18 heavy (non-hydrogen) atoms. The molecule has 0 aliphatic rings. The Bertz CT molecular complexity index is 561. The predicted molar refractivity (Wildman–Crippen MR) is 66.6 cm³/mol.